The molecule has 0 amide bonds. The molecule has 0 radical (unpaired) electrons. The van der Waals surface area contributed by atoms with Crippen LogP contribution in [0.2, 0.25) is 0 Å². The Balaban J connectivity index is 2.33. The molecule has 2 rings (SSSR count). The highest BCUT2D eigenvalue weighted by atomic mass is 32.2. The van der Waals surface area contributed by atoms with E-state index in [-0.39, 0.29) is 11.3 Å². The molecular formula is C15H20N4O3S. The third kappa shape index (κ3) is 4.22. The lowest BCUT2D eigenvalue weighted by Crippen LogP contribution is -2.35. The molecule has 0 saturated carbocycles. The zero-order chi connectivity index (χ0) is 17.0. The van der Waals surface area contributed by atoms with Crippen molar-refractivity contribution in [2.45, 2.75) is 31.2 Å². The number of imidazole rings is 1. The van der Waals surface area contributed by atoms with E-state index < -0.39 is 5.25 Å². The van der Waals surface area contributed by atoms with Gasteiger partial charge in [-0.05, 0) is 5.41 Å². The van der Waals surface area contributed by atoms with Gasteiger partial charge in [-0.3, -0.25) is 9.36 Å². The second kappa shape index (κ2) is 6.99. The van der Waals surface area contributed by atoms with Crippen LogP contribution in [0.1, 0.15) is 25.6 Å². The fourth-order valence-corrected chi connectivity index (χ4v) is 2.95. The molecule has 2 aromatic heterocycles. The van der Waals surface area contributed by atoms with Gasteiger partial charge in [0.05, 0.1) is 25.5 Å². The van der Waals surface area contributed by atoms with Crippen LogP contribution in [-0.2, 0) is 0 Å². The average Bonchev–Trinajstić information content (AvgIpc) is 3.04. The summed E-state index contributed by atoms with van der Waals surface area (Å²) >= 11 is 1.28. The Hall–Kier alpha value is -2.09. The van der Waals surface area contributed by atoms with Crippen molar-refractivity contribution in [1.29, 1.82) is 0 Å². The van der Waals surface area contributed by atoms with E-state index in [1.165, 1.54) is 36.9 Å². The maximum absolute atomic E-state index is 12.8. The summed E-state index contributed by atoms with van der Waals surface area (Å²) in [6.45, 7) is 5.99. The van der Waals surface area contributed by atoms with E-state index in [1.54, 1.807) is 18.5 Å². The molecule has 8 heteroatoms. The molecule has 1 atom stereocenters. The predicted molar refractivity (Wildman–Crippen MR) is 87.1 cm³/mol. The molecule has 1 unspecified atom stereocenters. The van der Waals surface area contributed by atoms with E-state index in [2.05, 4.69) is 15.0 Å². The molecule has 7 nitrogen and oxygen atoms in total. The first-order valence-electron chi connectivity index (χ1n) is 7.01. The highest BCUT2D eigenvalue weighted by molar-refractivity contribution is 8.00. The van der Waals surface area contributed by atoms with Crippen LogP contribution in [0.25, 0.3) is 0 Å². The summed E-state index contributed by atoms with van der Waals surface area (Å²) in [5.41, 5.74) is -0.300. The first-order chi connectivity index (χ1) is 10.8. The first kappa shape index (κ1) is 17.3. The van der Waals surface area contributed by atoms with E-state index in [0.29, 0.717) is 16.9 Å². The van der Waals surface area contributed by atoms with Gasteiger partial charge in [-0.1, -0.05) is 32.5 Å². The third-order valence-corrected chi connectivity index (χ3v) is 4.61. The van der Waals surface area contributed by atoms with Gasteiger partial charge in [0.2, 0.25) is 17.7 Å². The fourth-order valence-electron chi connectivity index (χ4n) is 1.87. The van der Waals surface area contributed by atoms with Gasteiger partial charge in [0.15, 0.2) is 5.16 Å². The number of rotatable bonds is 5. The Morgan fingerprint density at radius 1 is 1.22 bits per heavy atom. The van der Waals surface area contributed by atoms with Crippen LogP contribution < -0.4 is 9.47 Å². The monoisotopic (exact) mass is 336 g/mol. The molecule has 0 spiro atoms. The Kier molecular flexibility index (Phi) is 5.25. The van der Waals surface area contributed by atoms with E-state index in [4.69, 9.17) is 9.47 Å². The summed E-state index contributed by atoms with van der Waals surface area (Å²) in [6.07, 6.45) is 4.71. The van der Waals surface area contributed by atoms with E-state index >= 15 is 0 Å². The second-order valence-corrected chi connectivity index (χ2v) is 6.98. The van der Waals surface area contributed by atoms with Crippen LogP contribution >= 0.6 is 11.8 Å². The molecule has 0 aliphatic heterocycles. The van der Waals surface area contributed by atoms with Gasteiger partial charge in [0.25, 0.3) is 0 Å². The minimum Gasteiger partial charge on any atom is -0.481 e. The maximum Gasteiger partial charge on any atom is 0.245 e. The highest BCUT2D eigenvalue weighted by Crippen LogP contribution is 2.36. The molecule has 0 aromatic carbocycles. The Labute approximate surface area is 139 Å². The number of aromatic nitrogens is 4. The van der Waals surface area contributed by atoms with Crippen molar-refractivity contribution in [3.8, 4) is 11.8 Å². The van der Waals surface area contributed by atoms with Gasteiger partial charge in [-0.25, -0.2) is 4.98 Å². The molecule has 23 heavy (non-hydrogen) atoms. The van der Waals surface area contributed by atoms with Gasteiger partial charge in [0.1, 0.15) is 6.33 Å². The van der Waals surface area contributed by atoms with Crippen LogP contribution in [0.3, 0.4) is 0 Å². The van der Waals surface area contributed by atoms with Gasteiger partial charge in [-0.15, -0.1) is 0 Å². The lowest BCUT2D eigenvalue weighted by atomic mass is 9.91. The molecule has 0 aliphatic rings. The smallest absolute Gasteiger partial charge is 0.245 e. The van der Waals surface area contributed by atoms with Crippen molar-refractivity contribution >= 4 is 17.7 Å². The van der Waals surface area contributed by atoms with E-state index in [1.807, 2.05) is 20.8 Å². The molecule has 2 aromatic rings. The summed E-state index contributed by atoms with van der Waals surface area (Å²) in [5, 5.41) is 0.0307. The van der Waals surface area contributed by atoms with Gasteiger partial charge >= 0.3 is 0 Å². The minimum atomic E-state index is -0.395. The lowest BCUT2D eigenvalue weighted by molar-refractivity contribution is 0.0868. The average molecular weight is 336 g/mol. The summed E-state index contributed by atoms with van der Waals surface area (Å²) in [4.78, 5) is 25.3. The summed E-state index contributed by atoms with van der Waals surface area (Å²) in [7, 11) is 3.04. The lowest BCUT2D eigenvalue weighted by Gasteiger charge is -2.28. The standard InChI is InChI=1S/C15H20N4O3S/c1-15(2,3)12(13(20)19-7-6-16-9-19)23-14-17-10(21-4)8-11(18-14)22-5/h6-9,12H,1-5H3. The topological polar surface area (TPSA) is 79.1 Å². The number of thioether (sulfide) groups is 1. The Bertz CT molecular complexity index is 646. The molecule has 0 N–H and O–H groups in total. The molecule has 0 saturated heterocycles. The van der Waals surface area contributed by atoms with Crippen LogP contribution in [0, 0.1) is 5.41 Å². The van der Waals surface area contributed by atoms with E-state index in [0.717, 1.165) is 0 Å². The molecular weight excluding hydrogens is 316 g/mol. The van der Waals surface area contributed by atoms with Crippen molar-refractivity contribution in [3.63, 3.8) is 0 Å². The Morgan fingerprint density at radius 2 is 1.83 bits per heavy atom. The third-order valence-electron chi connectivity index (χ3n) is 3.07. The highest BCUT2D eigenvalue weighted by Gasteiger charge is 2.34. The number of hydrogen-bond acceptors (Lipinski definition) is 7. The summed E-state index contributed by atoms with van der Waals surface area (Å²) < 4.78 is 11.8. The van der Waals surface area contributed by atoms with Crippen molar-refractivity contribution in [2.24, 2.45) is 5.41 Å². The van der Waals surface area contributed by atoms with Crippen molar-refractivity contribution < 1.29 is 14.3 Å². The van der Waals surface area contributed by atoms with Crippen molar-refractivity contribution in [2.75, 3.05) is 14.2 Å². The number of carbonyl (C=O) groups is 1. The minimum absolute atomic E-state index is 0.0783. The van der Waals surface area contributed by atoms with Crippen molar-refractivity contribution in [1.82, 2.24) is 19.5 Å². The zero-order valence-corrected chi connectivity index (χ0v) is 14.6. The quantitative estimate of drug-likeness (QED) is 0.613. The van der Waals surface area contributed by atoms with E-state index in [9.17, 15) is 4.79 Å². The molecule has 0 aliphatic carbocycles. The maximum atomic E-state index is 12.8. The fraction of sp³-hybridized carbons (Fsp3) is 0.467. The Morgan fingerprint density at radius 3 is 2.26 bits per heavy atom. The second-order valence-electron chi connectivity index (χ2n) is 5.91. The van der Waals surface area contributed by atoms with Gasteiger partial charge in [0, 0.05) is 12.4 Å². The summed E-state index contributed by atoms with van der Waals surface area (Å²) in [5.74, 6) is 0.703. The summed E-state index contributed by atoms with van der Waals surface area (Å²) in [6, 6.07) is 1.59. The van der Waals surface area contributed by atoms with Crippen LogP contribution in [0.15, 0.2) is 29.9 Å². The molecule has 0 fully saturated rings. The normalized spacial score (nSPS) is 12.7. The predicted octanol–water partition coefficient (Wildman–Crippen LogP) is 2.54. The van der Waals surface area contributed by atoms with Gasteiger partial charge in [-0.2, -0.15) is 9.97 Å². The number of nitrogens with zero attached hydrogens (tertiary/aromatic N) is 4. The van der Waals surface area contributed by atoms with Crippen LogP contribution in [0.4, 0.5) is 0 Å². The first-order valence-corrected chi connectivity index (χ1v) is 7.89. The number of methoxy groups -OCH3 is 2. The number of carbonyl (C=O) groups excluding carboxylic acids is 1. The van der Waals surface area contributed by atoms with Crippen LogP contribution in [-0.4, -0.2) is 44.9 Å². The largest absolute Gasteiger partial charge is 0.481 e. The zero-order valence-electron chi connectivity index (χ0n) is 13.8. The molecule has 0 bridgehead atoms. The SMILES string of the molecule is COc1cc(OC)nc(SC(C(=O)n2ccnc2)C(C)(C)C)n1. The van der Waals surface area contributed by atoms with Gasteiger partial charge < -0.3 is 9.47 Å². The molecule has 124 valence electrons. The van der Waals surface area contributed by atoms with Crippen LogP contribution in [0.5, 0.6) is 11.8 Å². The van der Waals surface area contributed by atoms with Crippen molar-refractivity contribution in [3.05, 3.63) is 24.8 Å². The number of hydrogen-bond donors (Lipinski definition) is 0. The number of ether oxygens (including phenoxy) is 2. The molecule has 2 heterocycles.